The van der Waals surface area contributed by atoms with Crippen molar-refractivity contribution in [2.75, 3.05) is 39.5 Å². The van der Waals surface area contributed by atoms with Crippen molar-refractivity contribution in [2.45, 2.75) is 25.2 Å². The summed E-state index contributed by atoms with van der Waals surface area (Å²) in [6, 6.07) is 9.27. The largest absolute Gasteiger partial charge is 0.481 e. The van der Waals surface area contributed by atoms with Crippen LogP contribution in [-0.4, -0.2) is 61.4 Å². The summed E-state index contributed by atoms with van der Waals surface area (Å²) in [5, 5.41) is 9.75. The van der Waals surface area contributed by atoms with Crippen LogP contribution < -0.4 is 0 Å². The molecule has 1 fully saturated rings. The molecule has 1 amide bonds. The van der Waals surface area contributed by atoms with Gasteiger partial charge >= 0.3 is 5.97 Å². The first-order valence-corrected chi connectivity index (χ1v) is 8.32. The van der Waals surface area contributed by atoms with Crippen molar-refractivity contribution in [3.05, 3.63) is 35.9 Å². The van der Waals surface area contributed by atoms with Gasteiger partial charge in [0.25, 0.3) is 0 Å². The maximum atomic E-state index is 12.2. The van der Waals surface area contributed by atoms with E-state index in [1.807, 2.05) is 37.3 Å². The quantitative estimate of drug-likeness (QED) is 0.732. The zero-order valence-corrected chi connectivity index (χ0v) is 14.1. The molecule has 6 nitrogen and oxygen atoms in total. The molecule has 6 heteroatoms. The van der Waals surface area contributed by atoms with E-state index in [0.29, 0.717) is 45.8 Å². The summed E-state index contributed by atoms with van der Waals surface area (Å²) in [4.78, 5) is 25.7. The molecular weight excluding hydrogens is 310 g/mol. The molecular formula is C18H25NO5. The number of hydrogen-bond donors (Lipinski definition) is 1. The molecule has 0 spiro atoms. The molecule has 0 aliphatic carbocycles. The predicted molar refractivity (Wildman–Crippen MR) is 88.9 cm³/mol. The van der Waals surface area contributed by atoms with Gasteiger partial charge in [0.2, 0.25) is 5.91 Å². The normalized spacial score (nSPS) is 16.8. The van der Waals surface area contributed by atoms with Gasteiger partial charge in [-0.15, -0.1) is 0 Å². The molecule has 1 saturated heterocycles. The molecule has 2 rings (SSSR count). The zero-order chi connectivity index (χ0) is 17.4. The van der Waals surface area contributed by atoms with Gasteiger partial charge in [0, 0.05) is 19.7 Å². The Morgan fingerprint density at radius 1 is 1.12 bits per heavy atom. The van der Waals surface area contributed by atoms with Gasteiger partial charge in [-0.25, -0.2) is 0 Å². The zero-order valence-electron chi connectivity index (χ0n) is 14.1. The Bertz CT molecular complexity index is 538. The molecule has 1 aliphatic heterocycles. The molecule has 0 unspecified atom stereocenters. The number of hydrogen-bond acceptors (Lipinski definition) is 4. The number of carboxylic acids is 1. The van der Waals surface area contributed by atoms with Crippen LogP contribution in [0, 0.1) is 0 Å². The van der Waals surface area contributed by atoms with E-state index in [9.17, 15) is 14.7 Å². The summed E-state index contributed by atoms with van der Waals surface area (Å²) in [6.07, 6.45) is 0.827. The van der Waals surface area contributed by atoms with E-state index in [-0.39, 0.29) is 12.5 Å². The van der Waals surface area contributed by atoms with Crippen LogP contribution in [0.2, 0.25) is 0 Å². The van der Waals surface area contributed by atoms with Crippen LogP contribution in [0.25, 0.3) is 0 Å². The first kappa shape index (κ1) is 18.4. The number of amides is 1. The third kappa shape index (κ3) is 4.33. The highest BCUT2D eigenvalue weighted by atomic mass is 16.5. The average Bonchev–Trinajstić information content (AvgIpc) is 2.62. The summed E-state index contributed by atoms with van der Waals surface area (Å²) in [5.41, 5.74) is -0.106. The van der Waals surface area contributed by atoms with E-state index < -0.39 is 11.4 Å². The fourth-order valence-corrected chi connectivity index (χ4v) is 3.03. The minimum atomic E-state index is -0.909. The van der Waals surface area contributed by atoms with E-state index in [1.54, 1.807) is 4.90 Å². The molecule has 0 aromatic heterocycles. The Kier molecular flexibility index (Phi) is 6.75. The van der Waals surface area contributed by atoms with Gasteiger partial charge in [0.05, 0.1) is 18.6 Å². The lowest BCUT2D eigenvalue weighted by Crippen LogP contribution is -2.49. The molecule has 24 heavy (non-hydrogen) atoms. The summed E-state index contributed by atoms with van der Waals surface area (Å²) in [5.74, 6) is -0.924. The van der Waals surface area contributed by atoms with Crippen molar-refractivity contribution in [1.29, 1.82) is 0 Å². The average molecular weight is 335 g/mol. The number of piperidine rings is 1. The SMILES string of the molecule is CCOCCOCC(=O)N1CCC(C(=O)O)(c2ccccc2)CC1. The van der Waals surface area contributed by atoms with Crippen molar-refractivity contribution in [2.24, 2.45) is 0 Å². The fraction of sp³-hybridized carbons (Fsp3) is 0.556. The molecule has 1 N–H and O–H groups in total. The summed E-state index contributed by atoms with van der Waals surface area (Å²) >= 11 is 0. The number of carbonyl (C=O) groups excluding carboxylic acids is 1. The maximum Gasteiger partial charge on any atom is 0.314 e. The van der Waals surface area contributed by atoms with Gasteiger partial charge in [-0.3, -0.25) is 9.59 Å². The molecule has 1 heterocycles. The van der Waals surface area contributed by atoms with Crippen molar-refractivity contribution < 1.29 is 24.2 Å². The molecule has 0 radical (unpaired) electrons. The lowest BCUT2D eigenvalue weighted by molar-refractivity contribution is -0.149. The highest BCUT2D eigenvalue weighted by molar-refractivity contribution is 5.83. The Labute approximate surface area is 142 Å². The molecule has 0 atom stereocenters. The summed E-state index contributed by atoms with van der Waals surface area (Å²) in [7, 11) is 0. The smallest absolute Gasteiger partial charge is 0.314 e. The molecule has 132 valence electrons. The van der Waals surface area contributed by atoms with Gasteiger partial charge < -0.3 is 19.5 Å². The van der Waals surface area contributed by atoms with E-state index in [0.717, 1.165) is 5.56 Å². The van der Waals surface area contributed by atoms with Gasteiger partial charge in [0.15, 0.2) is 0 Å². The van der Waals surface area contributed by atoms with Crippen LogP contribution in [0.3, 0.4) is 0 Å². The lowest BCUT2D eigenvalue weighted by atomic mass is 9.73. The fourth-order valence-electron chi connectivity index (χ4n) is 3.03. The second-order valence-electron chi connectivity index (χ2n) is 5.88. The van der Waals surface area contributed by atoms with Gasteiger partial charge in [-0.2, -0.15) is 0 Å². The number of likely N-dealkylation sites (tertiary alicyclic amines) is 1. The number of carbonyl (C=O) groups is 2. The van der Waals surface area contributed by atoms with E-state index >= 15 is 0 Å². The Morgan fingerprint density at radius 3 is 2.33 bits per heavy atom. The lowest BCUT2D eigenvalue weighted by Gasteiger charge is -2.39. The molecule has 0 saturated carbocycles. The minimum absolute atomic E-state index is 0.0124. The summed E-state index contributed by atoms with van der Waals surface area (Å²) in [6.45, 7) is 4.25. The Hall–Kier alpha value is -1.92. The molecule has 1 aromatic rings. The van der Waals surface area contributed by atoms with Crippen LogP contribution in [0.5, 0.6) is 0 Å². The van der Waals surface area contributed by atoms with Crippen LogP contribution in [0.1, 0.15) is 25.3 Å². The van der Waals surface area contributed by atoms with Crippen LogP contribution in [-0.2, 0) is 24.5 Å². The Morgan fingerprint density at radius 2 is 1.75 bits per heavy atom. The first-order valence-electron chi connectivity index (χ1n) is 8.32. The van der Waals surface area contributed by atoms with E-state index in [4.69, 9.17) is 9.47 Å². The number of benzene rings is 1. The van der Waals surface area contributed by atoms with Crippen molar-refractivity contribution in [3.8, 4) is 0 Å². The first-order chi connectivity index (χ1) is 11.6. The van der Waals surface area contributed by atoms with Crippen molar-refractivity contribution in [3.63, 3.8) is 0 Å². The van der Waals surface area contributed by atoms with Crippen molar-refractivity contribution in [1.82, 2.24) is 4.90 Å². The second kappa shape index (κ2) is 8.80. The minimum Gasteiger partial charge on any atom is -0.481 e. The number of aliphatic carboxylic acids is 1. The third-order valence-corrected chi connectivity index (χ3v) is 4.51. The third-order valence-electron chi connectivity index (χ3n) is 4.51. The standard InChI is InChI=1S/C18H25NO5/c1-2-23-12-13-24-14-16(20)19-10-8-18(9-11-19,17(21)22)15-6-4-3-5-7-15/h3-7H,2,8-14H2,1H3,(H,21,22). The summed E-state index contributed by atoms with van der Waals surface area (Å²) < 4.78 is 10.5. The van der Waals surface area contributed by atoms with Gasteiger partial charge in [-0.1, -0.05) is 30.3 Å². The van der Waals surface area contributed by atoms with E-state index in [2.05, 4.69) is 0 Å². The van der Waals surface area contributed by atoms with Crippen LogP contribution >= 0.6 is 0 Å². The molecule has 1 aromatic carbocycles. The van der Waals surface area contributed by atoms with Gasteiger partial charge in [-0.05, 0) is 25.3 Å². The predicted octanol–water partition coefficient (Wildman–Crippen LogP) is 1.68. The Balaban J connectivity index is 1.89. The second-order valence-corrected chi connectivity index (χ2v) is 5.88. The number of nitrogens with zero attached hydrogens (tertiary/aromatic N) is 1. The number of ether oxygens (including phenoxy) is 2. The molecule has 1 aliphatic rings. The molecule has 0 bridgehead atoms. The highest BCUT2D eigenvalue weighted by Crippen LogP contribution is 2.35. The highest BCUT2D eigenvalue weighted by Gasteiger charge is 2.43. The van der Waals surface area contributed by atoms with Crippen LogP contribution in [0.4, 0.5) is 0 Å². The number of rotatable bonds is 8. The van der Waals surface area contributed by atoms with Crippen molar-refractivity contribution >= 4 is 11.9 Å². The topological polar surface area (TPSA) is 76.1 Å². The monoisotopic (exact) mass is 335 g/mol. The van der Waals surface area contributed by atoms with Crippen LogP contribution in [0.15, 0.2) is 30.3 Å². The van der Waals surface area contributed by atoms with E-state index in [1.165, 1.54) is 0 Å². The van der Waals surface area contributed by atoms with Gasteiger partial charge in [0.1, 0.15) is 6.61 Å². The number of carboxylic acid groups (broad SMARTS) is 1. The maximum absolute atomic E-state index is 12.2.